The van der Waals surface area contributed by atoms with E-state index in [-0.39, 0.29) is 4.57 Å². The molecule has 27 heavy (non-hydrogen) atoms. The summed E-state index contributed by atoms with van der Waals surface area (Å²) in [7, 11) is -11.9. The Morgan fingerprint density at radius 1 is 1.22 bits per heavy atom. The molecule has 4 atom stereocenters. The first kappa shape index (κ1) is 20.2. The van der Waals surface area contributed by atoms with Gasteiger partial charge in [0, 0.05) is 0 Å². The molecule has 2 aromatic heterocycles. The number of nitrogens with one attached hydrogen (secondary N) is 1. The molecule has 3 rings (SSSR count). The smallest absolute Gasteiger partial charge is 0.382 e. The fourth-order valence-electron chi connectivity index (χ4n) is 3.04. The number of aromatic amines is 1. The van der Waals surface area contributed by atoms with E-state index in [0.29, 0.717) is 6.33 Å². The molecule has 17 heteroatoms. The summed E-state index contributed by atoms with van der Waals surface area (Å²) in [6.45, 7) is -1.16. The van der Waals surface area contributed by atoms with E-state index in [1.54, 1.807) is 0 Å². The average Bonchev–Trinajstić information content (AvgIpc) is 3.07. The fourth-order valence-corrected chi connectivity index (χ4v) is 6.13. The summed E-state index contributed by atoms with van der Waals surface area (Å²) in [4.78, 5) is 60.3. The molecule has 150 valence electrons. The standard InChI is InChI=1S/C10H14N4O11P2/c15-1-4-6(16)9(18,26(19,20)21)10(25-4,27(22,23)24)14-3-13-5-7(14)11-2-12-8(5)17/h2-4,6,15-16,18H,1H2,(H,11,12,17)(H2,19,20,21)(H2,22,23,24)/t4-,6-,9+,10+/m1/s1. The van der Waals surface area contributed by atoms with Crippen LogP contribution in [0.3, 0.4) is 0 Å². The zero-order chi connectivity index (χ0) is 20.4. The third kappa shape index (κ3) is 2.42. The van der Waals surface area contributed by atoms with Gasteiger partial charge in [0.1, 0.15) is 18.5 Å². The summed E-state index contributed by atoms with van der Waals surface area (Å²) in [6, 6.07) is 0. The number of rotatable bonds is 4. The molecule has 0 radical (unpaired) electrons. The summed E-state index contributed by atoms with van der Waals surface area (Å²) >= 11 is 0. The van der Waals surface area contributed by atoms with Gasteiger partial charge in [-0.1, -0.05) is 0 Å². The average molecular weight is 428 g/mol. The van der Waals surface area contributed by atoms with Crippen molar-refractivity contribution in [1.82, 2.24) is 19.5 Å². The number of hydrogen-bond acceptors (Lipinski definition) is 9. The van der Waals surface area contributed by atoms with Crippen LogP contribution < -0.4 is 5.56 Å². The Kier molecular flexibility index (Phi) is 4.49. The van der Waals surface area contributed by atoms with Gasteiger partial charge in [-0.2, -0.15) is 0 Å². The third-order valence-corrected chi connectivity index (χ3v) is 7.33. The molecule has 0 amide bonds. The molecule has 1 aliphatic rings. The van der Waals surface area contributed by atoms with E-state index in [1.165, 1.54) is 0 Å². The lowest BCUT2D eigenvalue weighted by Crippen LogP contribution is -2.57. The fraction of sp³-hybridized carbons (Fsp3) is 0.500. The van der Waals surface area contributed by atoms with E-state index in [0.717, 1.165) is 6.33 Å². The van der Waals surface area contributed by atoms with Crippen molar-refractivity contribution in [3.63, 3.8) is 0 Å². The molecule has 8 N–H and O–H groups in total. The molecule has 1 fully saturated rings. The number of hydrogen-bond donors (Lipinski definition) is 8. The molecule has 0 unspecified atom stereocenters. The molecule has 3 heterocycles. The first-order chi connectivity index (χ1) is 12.3. The molecule has 0 bridgehead atoms. The van der Waals surface area contributed by atoms with Crippen LogP contribution in [-0.2, 0) is 19.3 Å². The predicted molar refractivity (Wildman–Crippen MR) is 83.1 cm³/mol. The van der Waals surface area contributed by atoms with Gasteiger partial charge in [0.25, 0.3) is 16.4 Å². The Balaban J connectivity index is 2.50. The summed E-state index contributed by atoms with van der Waals surface area (Å²) in [5.74, 6) is 0. The van der Waals surface area contributed by atoms with Gasteiger partial charge in [-0.25, -0.2) is 9.97 Å². The normalized spacial score (nSPS) is 32.3. The van der Waals surface area contributed by atoms with Crippen molar-refractivity contribution in [3.8, 4) is 0 Å². The third-order valence-electron chi connectivity index (χ3n) is 4.24. The molecule has 15 nitrogen and oxygen atoms in total. The molecule has 0 aliphatic carbocycles. The van der Waals surface area contributed by atoms with Crippen LogP contribution in [0.25, 0.3) is 11.2 Å². The predicted octanol–water partition coefficient (Wildman–Crippen LogP) is -3.47. The van der Waals surface area contributed by atoms with Crippen molar-refractivity contribution >= 4 is 26.4 Å². The van der Waals surface area contributed by atoms with Gasteiger partial charge in [-0.05, 0) is 0 Å². The van der Waals surface area contributed by atoms with Crippen LogP contribution in [0.2, 0.25) is 0 Å². The minimum absolute atomic E-state index is 0.260. The highest BCUT2D eigenvalue weighted by molar-refractivity contribution is 7.58. The van der Waals surface area contributed by atoms with Gasteiger partial charge in [-0.15, -0.1) is 0 Å². The monoisotopic (exact) mass is 428 g/mol. The van der Waals surface area contributed by atoms with Crippen molar-refractivity contribution in [3.05, 3.63) is 23.0 Å². The zero-order valence-electron chi connectivity index (χ0n) is 13.0. The first-order valence-electron chi connectivity index (χ1n) is 7.04. The van der Waals surface area contributed by atoms with E-state index < -0.39 is 61.5 Å². The SMILES string of the molecule is O=c1[nH]cnc2c1ncn2[C@]1(P(=O)(O)O)O[C@H](CO)[C@@H](O)[C@]1(O)P(=O)(O)O. The van der Waals surface area contributed by atoms with E-state index in [9.17, 15) is 48.8 Å². The van der Waals surface area contributed by atoms with Crippen LogP contribution in [-0.4, -0.2) is 78.6 Å². The Morgan fingerprint density at radius 2 is 1.85 bits per heavy atom. The minimum atomic E-state index is -5.97. The summed E-state index contributed by atoms with van der Waals surface area (Å²) in [5.41, 5.74) is -5.62. The summed E-state index contributed by atoms with van der Waals surface area (Å²) in [5, 5.41) is 26.3. The number of fused-ring (bicyclic) bond motifs is 1. The maximum atomic E-state index is 12.4. The lowest BCUT2D eigenvalue weighted by Gasteiger charge is -2.41. The lowest BCUT2D eigenvalue weighted by molar-refractivity contribution is -0.119. The summed E-state index contributed by atoms with van der Waals surface area (Å²) in [6.07, 6.45) is -3.27. The van der Waals surface area contributed by atoms with E-state index in [1.807, 2.05) is 0 Å². The number of aromatic nitrogens is 4. The molecule has 0 aromatic carbocycles. The van der Waals surface area contributed by atoms with Crippen LogP contribution in [0.4, 0.5) is 0 Å². The Bertz CT molecular complexity index is 1040. The second-order valence-corrected chi connectivity index (χ2v) is 9.19. The van der Waals surface area contributed by atoms with Crippen LogP contribution in [0.1, 0.15) is 0 Å². The van der Waals surface area contributed by atoms with E-state index in [4.69, 9.17) is 4.74 Å². The van der Waals surface area contributed by atoms with Crippen LogP contribution in [0, 0.1) is 0 Å². The molecule has 2 aromatic rings. The molecule has 1 aliphatic heterocycles. The van der Waals surface area contributed by atoms with Crippen molar-refractivity contribution in [2.24, 2.45) is 0 Å². The van der Waals surface area contributed by atoms with Gasteiger partial charge >= 0.3 is 15.2 Å². The number of aliphatic hydroxyl groups is 3. The second kappa shape index (κ2) is 5.99. The van der Waals surface area contributed by atoms with Gasteiger partial charge in [0.15, 0.2) is 11.2 Å². The number of H-pyrrole nitrogens is 1. The van der Waals surface area contributed by atoms with Crippen molar-refractivity contribution < 1.29 is 48.8 Å². The van der Waals surface area contributed by atoms with Gasteiger partial charge < -0.3 is 44.6 Å². The Morgan fingerprint density at radius 3 is 2.37 bits per heavy atom. The molecular weight excluding hydrogens is 414 g/mol. The number of nitrogens with zero attached hydrogens (tertiary/aromatic N) is 3. The van der Waals surface area contributed by atoms with Gasteiger partial charge in [-0.3, -0.25) is 18.5 Å². The highest BCUT2D eigenvalue weighted by Gasteiger charge is 2.81. The molecule has 1 saturated heterocycles. The molecule has 0 spiro atoms. The van der Waals surface area contributed by atoms with Gasteiger partial charge in [0.2, 0.25) is 0 Å². The largest absolute Gasteiger partial charge is 0.394 e. The highest BCUT2D eigenvalue weighted by Crippen LogP contribution is 2.74. The highest BCUT2D eigenvalue weighted by atomic mass is 31.2. The van der Waals surface area contributed by atoms with E-state index in [2.05, 4.69) is 15.0 Å². The van der Waals surface area contributed by atoms with Gasteiger partial charge in [0.05, 0.1) is 12.9 Å². The van der Waals surface area contributed by atoms with Crippen molar-refractivity contribution in [2.75, 3.05) is 6.61 Å². The summed E-state index contributed by atoms with van der Waals surface area (Å²) < 4.78 is 29.6. The number of aliphatic hydroxyl groups excluding tert-OH is 2. The molecule has 0 saturated carbocycles. The zero-order valence-corrected chi connectivity index (χ0v) is 14.8. The lowest BCUT2D eigenvalue weighted by atomic mass is 10.1. The van der Waals surface area contributed by atoms with E-state index >= 15 is 0 Å². The van der Waals surface area contributed by atoms with Crippen molar-refractivity contribution in [2.45, 2.75) is 23.0 Å². The maximum Gasteiger partial charge on any atom is 0.382 e. The topological polar surface area (TPSA) is 249 Å². The van der Waals surface area contributed by atoms with Crippen LogP contribution in [0.5, 0.6) is 0 Å². The number of imidazole rings is 1. The minimum Gasteiger partial charge on any atom is -0.394 e. The van der Waals surface area contributed by atoms with Crippen molar-refractivity contribution in [1.29, 1.82) is 0 Å². The van der Waals surface area contributed by atoms with Crippen LogP contribution in [0.15, 0.2) is 17.4 Å². The second-order valence-electron chi connectivity index (χ2n) is 5.72. The Labute approximate surface area is 148 Å². The quantitative estimate of drug-likeness (QED) is 0.221. The Hall–Kier alpha value is -1.51. The van der Waals surface area contributed by atoms with Crippen LogP contribution >= 0.6 is 15.2 Å². The molecular formula is C10H14N4O11P2. The number of ether oxygens (including phenoxy) is 1. The maximum absolute atomic E-state index is 12.4. The first-order valence-corrected chi connectivity index (χ1v) is 10.3.